The van der Waals surface area contributed by atoms with Gasteiger partial charge in [0.2, 0.25) is 0 Å². The van der Waals surface area contributed by atoms with Gasteiger partial charge in [0.05, 0.1) is 5.52 Å². The van der Waals surface area contributed by atoms with Crippen LogP contribution in [0.25, 0.3) is 10.9 Å². The van der Waals surface area contributed by atoms with Gasteiger partial charge in [-0.05, 0) is 18.6 Å². The number of pyridine rings is 1. The highest BCUT2D eigenvalue weighted by Crippen LogP contribution is 2.25. The lowest BCUT2D eigenvalue weighted by Gasteiger charge is -2.07. The highest BCUT2D eigenvalue weighted by Gasteiger charge is 2.09. The van der Waals surface area contributed by atoms with Crippen LogP contribution in [0, 0.1) is 6.92 Å². The molecule has 0 N–H and O–H groups in total. The lowest BCUT2D eigenvalue weighted by Crippen LogP contribution is -2.00. The van der Waals surface area contributed by atoms with Gasteiger partial charge in [0.15, 0.2) is 5.16 Å². The summed E-state index contributed by atoms with van der Waals surface area (Å²) in [5, 5.41) is 10.5. The molecule has 3 aromatic rings. The molecule has 4 nitrogen and oxygen atoms in total. The van der Waals surface area contributed by atoms with E-state index in [1.807, 2.05) is 25.3 Å². The molecular weight excluding hydrogens is 280 g/mol. The summed E-state index contributed by atoms with van der Waals surface area (Å²) in [4.78, 5) is 4.49. The largest absolute Gasteiger partial charge is 0.302 e. The Kier molecular flexibility index (Phi) is 4.01. The van der Waals surface area contributed by atoms with Crippen LogP contribution in [-0.2, 0) is 12.3 Å². The molecular formula is C16H16N4S. The van der Waals surface area contributed by atoms with Crippen LogP contribution in [0.2, 0.25) is 0 Å². The number of aromatic nitrogens is 4. The third kappa shape index (κ3) is 2.83. The molecule has 0 atom stereocenters. The fourth-order valence-electron chi connectivity index (χ4n) is 2.23. The van der Waals surface area contributed by atoms with E-state index in [0.29, 0.717) is 0 Å². The van der Waals surface area contributed by atoms with E-state index in [1.54, 1.807) is 11.8 Å². The Bertz CT molecular complexity index is 774. The number of thioether (sulfide) groups is 1. The van der Waals surface area contributed by atoms with Crippen LogP contribution >= 0.6 is 11.8 Å². The van der Waals surface area contributed by atoms with E-state index >= 15 is 0 Å². The monoisotopic (exact) mass is 296 g/mol. The van der Waals surface area contributed by atoms with Crippen LogP contribution in [0.3, 0.4) is 0 Å². The van der Waals surface area contributed by atoms with E-state index in [4.69, 9.17) is 0 Å². The summed E-state index contributed by atoms with van der Waals surface area (Å²) >= 11 is 1.68. The highest BCUT2D eigenvalue weighted by atomic mass is 32.2. The van der Waals surface area contributed by atoms with E-state index in [0.717, 1.165) is 28.8 Å². The molecule has 0 bridgehead atoms. The van der Waals surface area contributed by atoms with Gasteiger partial charge >= 0.3 is 0 Å². The molecule has 21 heavy (non-hydrogen) atoms. The lowest BCUT2D eigenvalue weighted by atomic mass is 10.1. The Morgan fingerprint density at radius 3 is 2.95 bits per heavy atom. The van der Waals surface area contributed by atoms with Crippen molar-refractivity contribution in [2.45, 2.75) is 24.4 Å². The van der Waals surface area contributed by atoms with Crippen molar-refractivity contribution in [3.05, 3.63) is 60.6 Å². The number of para-hydroxylation sites is 1. The maximum absolute atomic E-state index is 4.49. The average Bonchev–Trinajstić information content (AvgIpc) is 2.86. The van der Waals surface area contributed by atoms with E-state index in [2.05, 4.69) is 50.6 Å². The molecule has 0 aliphatic heterocycles. The van der Waals surface area contributed by atoms with E-state index < -0.39 is 0 Å². The number of aryl methyl sites for hydroxylation is 1. The number of benzene rings is 1. The zero-order chi connectivity index (χ0) is 14.7. The number of rotatable bonds is 5. The fourth-order valence-corrected chi connectivity index (χ4v) is 3.21. The zero-order valence-corrected chi connectivity index (χ0v) is 12.7. The molecule has 0 unspecified atom stereocenters. The van der Waals surface area contributed by atoms with Gasteiger partial charge in [-0.25, -0.2) is 0 Å². The predicted molar refractivity (Wildman–Crippen MR) is 86.3 cm³/mol. The molecule has 0 fully saturated rings. The van der Waals surface area contributed by atoms with E-state index in [-0.39, 0.29) is 0 Å². The summed E-state index contributed by atoms with van der Waals surface area (Å²) in [6.07, 6.45) is 3.70. The first-order chi connectivity index (χ1) is 10.3. The van der Waals surface area contributed by atoms with Gasteiger partial charge in [0.25, 0.3) is 0 Å². The first-order valence-electron chi connectivity index (χ1n) is 6.75. The third-order valence-electron chi connectivity index (χ3n) is 3.29. The number of hydrogen-bond donors (Lipinski definition) is 0. The lowest BCUT2D eigenvalue weighted by molar-refractivity contribution is 0.703. The predicted octanol–water partition coefficient (Wildman–Crippen LogP) is 3.61. The van der Waals surface area contributed by atoms with Gasteiger partial charge in [-0.2, -0.15) is 0 Å². The van der Waals surface area contributed by atoms with Gasteiger partial charge in [-0.1, -0.05) is 42.1 Å². The van der Waals surface area contributed by atoms with Crippen molar-refractivity contribution >= 4 is 22.7 Å². The molecule has 106 valence electrons. The maximum Gasteiger partial charge on any atom is 0.191 e. The van der Waals surface area contributed by atoms with E-state index in [9.17, 15) is 0 Å². The summed E-state index contributed by atoms with van der Waals surface area (Å²) in [5.41, 5.74) is 2.27. The maximum atomic E-state index is 4.49. The molecule has 2 aromatic heterocycles. The van der Waals surface area contributed by atoms with Crippen LogP contribution in [0.4, 0.5) is 0 Å². The Labute approximate surface area is 127 Å². The van der Waals surface area contributed by atoms with Crippen LogP contribution < -0.4 is 0 Å². The number of hydrogen-bond acceptors (Lipinski definition) is 4. The topological polar surface area (TPSA) is 43.6 Å². The second-order valence-corrected chi connectivity index (χ2v) is 5.65. The quantitative estimate of drug-likeness (QED) is 0.533. The molecule has 0 aliphatic rings. The van der Waals surface area contributed by atoms with Gasteiger partial charge in [-0.15, -0.1) is 16.8 Å². The molecule has 0 saturated heterocycles. The van der Waals surface area contributed by atoms with Crippen molar-refractivity contribution in [1.29, 1.82) is 0 Å². The van der Waals surface area contributed by atoms with Crippen LogP contribution in [0.1, 0.15) is 11.4 Å². The summed E-state index contributed by atoms with van der Waals surface area (Å²) in [6.45, 7) is 6.47. The van der Waals surface area contributed by atoms with Crippen LogP contribution in [0.15, 0.2) is 54.3 Å². The van der Waals surface area contributed by atoms with Gasteiger partial charge < -0.3 is 4.57 Å². The molecule has 2 heterocycles. The van der Waals surface area contributed by atoms with Crippen LogP contribution in [-0.4, -0.2) is 19.7 Å². The second-order valence-electron chi connectivity index (χ2n) is 4.71. The van der Waals surface area contributed by atoms with Crippen molar-refractivity contribution in [2.24, 2.45) is 0 Å². The fraction of sp³-hybridized carbons (Fsp3) is 0.188. The Morgan fingerprint density at radius 2 is 2.10 bits per heavy atom. The summed E-state index contributed by atoms with van der Waals surface area (Å²) in [6, 6.07) is 10.3. The zero-order valence-electron chi connectivity index (χ0n) is 11.9. The summed E-state index contributed by atoms with van der Waals surface area (Å²) in [7, 11) is 0. The Morgan fingerprint density at radius 1 is 1.24 bits per heavy atom. The molecule has 3 rings (SSSR count). The van der Waals surface area contributed by atoms with Crippen molar-refractivity contribution in [1.82, 2.24) is 19.7 Å². The highest BCUT2D eigenvalue weighted by molar-refractivity contribution is 7.98. The van der Waals surface area contributed by atoms with Crippen molar-refractivity contribution in [3.63, 3.8) is 0 Å². The third-order valence-corrected chi connectivity index (χ3v) is 4.30. The van der Waals surface area contributed by atoms with E-state index in [1.165, 1.54) is 10.9 Å². The molecule has 0 spiro atoms. The van der Waals surface area contributed by atoms with Crippen molar-refractivity contribution < 1.29 is 0 Å². The smallest absolute Gasteiger partial charge is 0.191 e. The number of fused-ring (bicyclic) bond motifs is 1. The standard InChI is InChI=1S/C16H16N4S/c1-3-10-20-12(2)18-19-16(20)21-11-14-7-4-6-13-8-5-9-17-15(13)14/h3-9H,1,10-11H2,2H3. The molecule has 0 aliphatic carbocycles. The molecule has 1 aromatic carbocycles. The minimum Gasteiger partial charge on any atom is -0.302 e. The Hall–Kier alpha value is -2.14. The first-order valence-corrected chi connectivity index (χ1v) is 7.74. The number of allylic oxidation sites excluding steroid dienone is 1. The van der Waals surface area contributed by atoms with Gasteiger partial charge in [-0.3, -0.25) is 4.98 Å². The normalized spacial score (nSPS) is 10.9. The van der Waals surface area contributed by atoms with Crippen LogP contribution in [0.5, 0.6) is 0 Å². The van der Waals surface area contributed by atoms with Gasteiger partial charge in [0, 0.05) is 23.9 Å². The molecule has 0 saturated carbocycles. The summed E-state index contributed by atoms with van der Waals surface area (Å²) in [5.74, 6) is 1.73. The van der Waals surface area contributed by atoms with Crippen molar-refractivity contribution in [3.8, 4) is 0 Å². The molecule has 0 amide bonds. The number of nitrogens with zero attached hydrogens (tertiary/aromatic N) is 4. The molecule has 5 heteroatoms. The molecule has 0 radical (unpaired) electrons. The minimum absolute atomic E-state index is 0.731. The first kappa shape index (κ1) is 13.8. The van der Waals surface area contributed by atoms with Crippen molar-refractivity contribution in [2.75, 3.05) is 0 Å². The SMILES string of the molecule is C=CCn1c(C)nnc1SCc1cccc2cccnc12. The average molecular weight is 296 g/mol. The minimum atomic E-state index is 0.731. The second kappa shape index (κ2) is 6.10. The summed E-state index contributed by atoms with van der Waals surface area (Å²) < 4.78 is 2.07. The van der Waals surface area contributed by atoms with Gasteiger partial charge in [0.1, 0.15) is 5.82 Å². The Balaban J connectivity index is 1.85.